The molecule has 0 spiro atoms. The van der Waals surface area contributed by atoms with Gasteiger partial charge in [0.25, 0.3) is 0 Å². The van der Waals surface area contributed by atoms with Gasteiger partial charge >= 0.3 is 0 Å². The second-order valence-corrected chi connectivity index (χ2v) is 3.87. The van der Waals surface area contributed by atoms with Gasteiger partial charge in [-0.25, -0.2) is 0 Å². The van der Waals surface area contributed by atoms with Crippen molar-refractivity contribution in [1.29, 1.82) is 0 Å². The number of aliphatic hydroxyl groups excluding tert-OH is 1. The quantitative estimate of drug-likeness (QED) is 0.709. The molecule has 0 aromatic rings. The Morgan fingerprint density at radius 3 is 2.77 bits per heavy atom. The molecule has 1 N–H and O–H groups in total. The van der Waals surface area contributed by atoms with Crippen molar-refractivity contribution >= 4 is 0 Å². The SMILES string of the molecule is CN(C)CCC(O)C1C=CC=CC1. The van der Waals surface area contributed by atoms with Crippen LogP contribution in [-0.4, -0.2) is 36.8 Å². The van der Waals surface area contributed by atoms with E-state index in [1.165, 1.54) is 0 Å². The smallest absolute Gasteiger partial charge is 0.0618 e. The van der Waals surface area contributed by atoms with Crippen LogP contribution in [0.5, 0.6) is 0 Å². The normalized spacial score (nSPS) is 23.8. The number of hydrogen-bond donors (Lipinski definition) is 1. The van der Waals surface area contributed by atoms with Gasteiger partial charge in [0.1, 0.15) is 0 Å². The van der Waals surface area contributed by atoms with E-state index in [1.54, 1.807) is 0 Å². The Morgan fingerprint density at radius 2 is 2.23 bits per heavy atom. The van der Waals surface area contributed by atoms with E-state index >= 15 is 0 Å². The number of allylic oxidation sites excluding steroid dienone is 3. The number of aliphatic hydroxyl groups is 1. The van der Waals surface area contributed by atoms with E-state index in [1.807, 2.05) is 26.2 Å². The lowest BCUT2D eigenvalue weighted by atomic mass is 9.93. The van der Waals surface area contributed by atoms with Crippen molar-refractivity contribution in [3.8, 4) is 0 Å². The summed E-state index contributed by atoms with van der Waals surface area (Å²) in [4.78, 5) is 2.10. The molecule has 2 heteroatoms. The molecule has 1 aliphatic carbocycles. The van der Waals surface area contributed by atoms with Gasteiger partial charge < -0.3 is 10.0 Å². The zero-order chi connectivity index (χ0) is 9.68. The lowest BCUT2D eigenvalue weighted by Gasteiger charge is -2.21. The predicted octanol–water partition coefficient (Wildman–Crippen LogP) is 1.43. The Bertz CT molecular complexity index is 196. The van der Waals surface area contributed by atoms with Gasteiger partial charge in [-0.15, -0.1) is 0 Å². The van der Waals surface area contributed by atoms with Gasteiger partial charge in [0.2, 0.25) is 0 Å². The van der Waals surface area contributed by atoms with Gasteiger partial charge in [0.05, 0.1) is 6.10 Å². The largest absolute Gasteiger partial charge is 0.392 e. The highest BCUT2D eigenvalue weighted by molar-refractivity contribution is 5.11. The van der Waals surface area contributed by atoms with Crippen LogP contribution in [0, 0.1) is 5.92 Å². The fraction of sp³-hybridized carbons (Fsp3) is 0.636. The number of nitrogens with zero attached hydrogens (tertiary/aromatic N) is 1. The molecule has 0 bridgehead atoms. The molecule has 0 saturated heterocycles. The third kappa shape index (κ3) is 3.75. The molecular weight excluding hydrogens is 162 g/mol. The lowest BCUT2D eigenvalue weighted by molar-refractivity contribution is 0.112. The molecule has 0 fully saturated rings. The van der Waals surface area contributed by atoms with E-state index in [2.05, 4.69) is 17.1 Å². The highest BCUT2D eigenvalue weighted by Gasteiger charge is 2.15. The van der Waals surface area contributed by atoms with Crippen molar-refractivity contribution in [2.45, 2.75) is 18.9 Å². The average Bonchev–Trinajstić information content (AvgIpc) is 2.15. The van der Waals surface area contributed by atoms with Crippen LogP contribution in [-0.2, 0) is 0 Å². The molecule has 0 aliphatic heterocycles. The van der Waals surface area contributed by atoms with Crippen LogP contribution in [0.15, 0.2) is 24.3 Å². The molecule has 0 aromatic heterocycles. The second-order valence-electron chi connectivity index (χ2n) is 3.87. The van der Waals surface area contributed by atoms with E-state index in [4.69, 9.17) is 0 Å². The minimum absolute atomic E-state index is 0.191. The molecule has 74 valence electrons. The first kappa shape index (κ1) is 10.5. The summed E-state index contributed by atoms with van der Waals surface area (Å²) in [6.07, 6.45) is 9.91. The van der Waals surface area contributed by atoms with Gasteiger partial charge in [-0.1, -0.05) is 24.3 Å². The molecule has 1 rings (SSSR count). The molecule has 0 radical (unpaired) electrons. The molecule has 2 unspecified atom stereocenters. The summed E-state index contributed by atoms with van der Waals surface area (Å²) < 4.78 is 0. The zero-order valence-corrected chi connectivity index (χ0v) is 8.48. The average molecular weight is 181 g/mol. The Balaban J connectivity index is 2.26. The minimum atomic E-state index is -0.191. The zero-order valence-electron chi connectivity index (χ0n) is 8.48. The Morgan fingerprint density at radius 1 is 1.46 bits per heavy atom. The van der Waals surface area contributed by atoms with E-state index in [0.29, 0.717) is 5.92 Å². The molecule has 1 aliphatic rings. The first-order chi connectivity index (χ1) is 6.20. The van der Waals surface area contributed by atoms with Crippen LogP contribution in [0.2, 0.25) is 0 Å². The number of rotatable bonds is 4. The molecule has 0 heterocycles. The van der Waals surface area contributed by atoms with Crippen LogP contribution in [0.25, 0.3) is 0 Å². The Kier molecular flexibility index (Phi) is 4.19. The third-order valence-corrected chi connectivity index (χ3v) is 2.38. The summed E-state index contributed by atoms with van der Waals surface area (Å²) in [5, 5.41) is 9.81. The van der Waals surface area contributed by atoms with Crippen LogP contribution < -0.4 is 0 Å². The maximum Gasteiger partial charge on any atom is 0.0618 e. The van der Waals surface area contributed by atoms with Crippen molar-refractivity contribution in [2.24, 2.45) is 5.92 Å². The van der Waals surface area contributed by atoms with Gasteiger partial charge in [0, 0.05) is 5.92 Å². The monoisotopic (exact) mass is 181 g/mol. The molecule has 2 atom stereocenters. The van der Waals surface area contributed by atoms with Crippen LogP contribution in [0.4, 0.5) is 0 Å². The summed E-state index contributed by atoms with van der Waals surface area (Å²) >= 11 is 0. The van der Waals surface area contributed by atoms with Crippen molar-refractivity contribution in [3.05, 3.63) is 24.3 Å². The van der Waals surface area contributed by atoms with E-state index < -0.39 is 0 Å². The fourth-order valence-corrected chi connectivity index (χ4v) is 1.49. The Hall–Kier alpha value is -0.600. The van der Waals surface area contributed by atoms with Gasteiger partial charge in [-0.3, -0.25) is 0 Å². The summed E-state index contributed by atoms with van der Waals surface area (Å²) in [6, 6.07) is 0. The van der Waals surface area contributed by atoms with Gasteiger partial charge in [-0.05, 0) is 33.5 Å². The first-order valence-electron chi connectivity index (χ1n) is 4.86. The summed E-state index contributed by atoms with van der Waals surface area (Å²) in [6.45, 7) is 0.954. The number of hydrogen-bond acceptors (Lipinski definition) is 2. The highest BCUT2D eigenvalue weighted by Crippen LogP contribution is 2.17. The van der Waals surface area contributed by atoms with Crippen LogP contribution >= 0.6 is 0 Å². The Labute approximate surface area is 80.6 Å². The summed E-state index contributed by atoms with van der Waals surface area (Å²) in [5.41, 5.74) is 0. The highest BCUT2D eigenvalue weighted by atomic mass is 16.3. The maximum absolute atomic E-state index is 9.81. The molecule has 2 nitrogen and oxygen atoms in total. The van der Waals surface area contributed by atoms with Crippen molar-refractivity contribution < 1.29 is 5.11 Å². The minimum Gasteiger partial charge on any atom is -0.392 e. The summed E-state index contributed by atoms with van der Waals surface area (Å²) in [7, 11) is 4.06. The summed E-state index contributed by atoms with van der Waals surface area (Å²) in [5.74, 6) is 0.324. The van der Waals surface area contributed by atoms with E-state index in [9.17, 15) is 5.11 Å². The van der Waals surface area contributed by atoms with Gasteiger partial charge in [-0.2, -0.15) is 0 Å². The van der Waals surface area contributed by atoms with E-state index in [-0.39, 0.29) is 6.10 Å². The predicted molar refractivity (Wildman–Crippen MR) is 55.6 cm³/mol. The third-order valence-electron chi connectivity index (χ3n) is 2.38. The standard InChI is InChI=1S/C11H19NO/c1-12(2)9-8-11(13)10-6-4-3-5-7-10/h3-6,10-11,13H,7-9H2,1-2H3. The van der Waals surface area contributed by atoms with Gasteiger partial charge in [0.15, 0.2) is 0 Å². The van der Waals surface area contributed by atoms with Crippen LogP contribution in [0.3, 0.4) is 0 Å². The van der Waals surface area contributed by atoms with E-state index in [0.717, 1.165) is 19.4 Å². The molecule has 0 amide bonds. The maximum atomic E-state index is 9.81. The lowest BCUT2D eigenvalue weighted by Crippen LogP contribution is -2.25. The first-order valence-corrected chi connectivity index (χ1v) is 4.86. The molecule has 13 heavy (non-hydrogen) atoms. The van der Waals surface area contributed by atoms with Crippen molar-refractivity contribution in [3.63, 3.8) is 0 Å². The van der Waals surface area contributed by atoms with Crippen molar-refractivity contribution in [1.82, 2.24) is 4.90 Å². The molecular formula is C11H19NO. The topological polar surface area (TPSA) is 23.5 Å². The fourth-order valence-electron chi connectivity index (χ4n) is 1.49. The van der Waals surface area contributed by atoms with Crippen LogP contribution in [0.1, 0.15) is 12.8 Å². The molecule has 0 aromatic carbocycles. The molecule has 0 saturated carbocycles. The second kappa shape index (κ2) is 5.20. The van der Waals surface area contributed by atoms with Crippen molar-refractivity contribution in [2.75, 3.05) is 20.6 Å².